The van der Waals surface area contributed by atoms with E-state index in [0.717, 1.165) is 4.90 Å². The molecule has 0 aromatic heterocycles. The van der Waals surface area contributed by atoms with Crippen LogP contribution in [-0.4, -0.2) is 18.2 Å². The van der Waals surface area contributed by atoms with Gasteiger partial charge in [-0.05, 0) is 24.3 Å². The highest BCUT2D eigenvalue weighted by molar-refractivity contribution is 5.85. The Morgan fingerprint density at radius 1 is 1.42 bits per heavy atom. The molecular formula is C8H10N2O2. The van der Waals surface area contributed by atoms with Gasteiger partial charge in [-0.15, -0.1) is 0 Å². The lowest BCUT2D eigenvalue weighted by atomic mass is 10.3. The Hall–Kier alpha value is -1.71. The van der Waals surface area contributed by atoms with E-state index in [4.69, 9.17) is 10.8 Å². The van der Waals surface area contributed by atoms with Crippen LogP contribution in [0, 0.1) is 0 Å². The summed E-state index contributed by atoms with van der Waals surface area (Å²) in [5, 5.41) is 8.60. The summed E-state index contributed by atoms with van der Waals surface area (Å²) >= 11 is 0. The zero-order chi connectivity index (χ0) is 9.14. The largest absolute Gasteiger partial charge is 0.465 e. The molecule has 4 nitrogen and oxygen atoms in total. The molecule has 0 bridgehead atoms. The van der Waals surface area contributed by atoms with Crippen LogP contribution >= 0.6 is 0 Å². The molecule has 0 aliphatic carbocycles. The lowest BCUT2D eigenvalue weighted by Gasteiger charge is -2.12. The Labute approximate surface area is 70.2 Å². The van der Waals surface area contributed by atoms with Gasteiger partial charge >= 0.3 is 6.09 Å². The molecule has 0 atom stereocenters. The zero-order valence-corrected chi connectivity index (χ0v) is 6.69. The molecule has 12 heavy (non-hydrogen) atoms. The van der Waals surface area contributed by atoms with Crippen molar-refractivity contribution in [1.29, 1.82) is 0 Å². The second kappa shape index (κ2) is 3.13. The number of hydrogen-bond donors (Lipinski definition) is 2. The number of nitrogens with two attached hydrogens (primary N) is 1. The summed E-state index contributed by atoms with van der Waals surface area (Å²) in [5.74, 6) is 0. The molecule has 4 heteroatoms. The van der Waals surface area contributed by atoms with Gasteiger partial charge in [0.2, 0.25) is 0 Å². The molecule has 0 fully saturated rings. The van der Waals surface area contributed by atoms with Crippen LogP contribution < -0.4 is 10.6 Å². The molecule has 3 N–H and O–H groups in total. The van der Waals surface area contributed by atoms with Gasteiger partial charge in [-0.2, -0.15) is 0 Å². The fourth-order valence-electron chi connectivity index (χ4n) is 0.808. The van der Waals surface area contributed by atoms with Gasteiger partial charge in [-0.3, -0.25) is 4.90 Å². The van der Waals surface area contributed by atoms with E-state index in [2.05, 4.69) is 0 Å². The van der Waals surface area contributed by atoms with Crippen molar-refractivity contribution in [2.75, 3.05) is 17.7 Å². The summed E-state index contributed by atoms with van der Waals surface area (Å²) < 4.78 is 0. The minimum atomic E-state index is -0.986. The summed E-state index contributed by atoms with van der Waals surface area (Å²) in [6.07, 6.45) is -0.986. The standard InChI is InChI=1S/C8H10N2O2/c1-10(8(11)12)7-4-2-6(9)3-5-7/h2-5H,9H2,1H3,(H,11,12). The molecular weight excluding hydrogens is 156 g/mol. The van der Waals surface area contributed by atoms with Crippen LogP contribution in [0.5, 0.6) is 0 Å². The molecule has 0 heterocycles. The summed E-state index contributed by atoms with van der Waals surface area (Å²) in [7, 11) is 1.48. The first-order chi connectivity index (χ1) is 5.61. The highest BCUT2D eigenvalue weighted by Gasteiger charge is 2.06. The van der Waals surface area contributed by atoms with E-state index < -0.39 is 6.09 Å². The molecule has 0 aliphatic heterocycles. The van der Waals surface area contributed by atoms with Crippen molar-refractivity contribution in [3.8, 4) is 0 Å². The Kier molecular flexibility index (Phi) is 2.19. The van der Waals surface area contributed by atoms with Gasteiger partial charge in [0.25, 0.3) is 0 Å². The molecule has 0 radical (unpaired) electrons. The third kappa shape index (κ3) is 1.66. The van der Waals surface area contributed by atoms with Gasteiger partial charge in [-0.1, -0.05) is 0 Å². The monoisotopic (exact) mass is 166 g/mol. The van der Waals surface area contributed by atoms with E-state index in [1.807, 2.05) is 0 Å². The van der Waals surface area contributed by atoms with Crippen molar-refractivity contribution >= 4 is 17.5 Å². The smallest absolute Gasteiger partial charge is 0.411 e. The zero-order valence-electron chi connectivity index (χ0n) is 6.69. The Morgan fingerprint density at radius 2 is 1.92 bits per heavy atom. The van der Waals surface area contributed by atoms with Crippen LogP contribution in [0.3, 0.4) is 0 Å². The highest BCUT2D eigenvalue weighted by atomic mass is 16.4. The SMILES string of the molecule is CN(C(=O)O)c1ccc(N)cc1. The number of carboxylic acid groups (broad SMARTS) is 1. The number of anilines is 2. The van der Waals surface area contributed by atoms with Crippen LogP contribution in [-0.2, 0) is 0 Å². The lowest BCUT2D eigenvalue weighted by Crippen LogP contribution is -2.23. The molecule has 0 saturated carbocycles. The predicted octanol–water partition coefficient (Wildman–Crippen LogP) is 1.38. The highest BCUT2D eigenvalue weighted by Crippen LogP contribution is 2.14. The first-order valence-electron chi connectivity index (χ1n) is 3.43. The fourth-order valence-corrected chi connectivity index (χ4v) is 0.808. The molecule has 1 rings (SSSR count). The summed E-state index contributed by atoms with van der Waals surface area (Å²) in [6.45, 7) is 0. The normalized spacial score (nSPS) is 9.42. The number of amides is 1. The van der Waals surface area contributed by atoms with Crippen LogP contribution in [0.1, 0.15) is 0 Å². The van der Waals surface area contributed by atoms with Gasteiger partial charge in [0, 0.05) is 18.4 Å². The lowest BCUT2D eigenvalue weighted by molar-refractivity contribution is 0.203. The van der Waals surface area contributed by atoms with Gasteiger partial charge < -0.3 is 10.8 Å². The van der Waals surface area contributed by atoms with Crippen LogP contribution in [0.4, 0.5) is 16.2 Å². The Morgan fingerprint density at radius 3 is 2.33 bits per heavy atom. The summed E-state index contributed by atoms with van der Waals surface area (Å²) in [4.78, 5) is 11.6. The van der Waals surface area contributed by atoms with Crippen LogP contribution in [0.15, 0.2) is 24.3 Å². The number of rotatable bonds is 1. The number of benzene rings is 1. The average molecular weight is 166 g/mol. The van der Waals surface area contributed by atoms with E-state index in [1.165, 1.54) is 7.05 Å². The van der Waals surface area contributed by atoms with E-state index in [9.17, 15) is 4.79 Å². The van der Waals surface area contributed by atoms with E-state index >= 15 is 0 Å². The Bertz CT molecular complexity index is 282. The quantitative estimate of drug-likeness (QED) is 0.619. The van der Waals surface area contributed by atoms with E-state index in [1.54, 1.807) is 24.3 Å². The maximum Gasteiger partial charge on any atom is 0.411 e. The minimum Gasteiger partial charge on any atom is -0.465 e. The third-order valence-corrected chi connectivity index (χ3v) is 1.57. The van der Waals surface area contributed by atoms with Gasteiger partial charge in [-0.25, -0.2) is 4.79 Å². The van der Waals surface area contributed by atoms with Crippen molar-refractivity contribution in [2.24, 2.45) is 0 Å². The minimum absolute atomic E-state index is 0.608. The van der Waals surface area contributed by atoms with Gasteiger partial charge in [0.1, 0.15) is 0 Å². The second-order valence-corrected chi connectivity index (χ2v) is 2.43. The van der Waals surface area contributed by atoms with Crippen LogP contribution in [0.2, 0.25) is 0 Å². The fraction of sp³-hybridized carbons (Fsp3) is 0.125. The Balaban J connectivity index is 2.89. The molecule has 64 valence electrons. The van der Waals surface area contributed by atoms with Crippen molar-refractivity contribution < 1.29 is 9.90 Å². The average Bonchev–Trinajstić information content (AvgIpc) is 2.04. The van der Waals surface area contributed by atoms with Gasteiger partial charge in [0.05, 0.1) is 0 Å². The molecule has 0 aliphatic rings. The number of nitrogens with zero attached hydrogens (tertiary/aromatic N) is 1. The molecule has 0 saturated heterocycles. The van der Waals surface area contributed by atoms with E-state index in [-0.39, 0.29) is 0 Å². The molecule has 0 unspecified atom stereocenters. The number of nitrogen functional groups attached to an aromatic ring is 1. The topological polar surface area (TPSA) is 66.6 Å². The number of carbonyl (C=O) groups is 1. The van der Waals surface area contributed by atoms with Gasteiger partial charge in [0.15, 0.2) is 0 Å². The van der Waals surface area contributed by atoms with Crippen LogP contribution in [0.25, 0.3) is 0 Å². The second-order valence-electron chi connectivity index (χ2n) is 2.43. The first kappa shape index (κ1) is 8.39. The van der Waals surface area contributed by atoms with Crippen molar-refractivity contribution in [2.45, 2.75) is 0 Å². The first-order valence-corrected chi connectivity index (χ1v) is 3.43. The van der Waals surface area contributed by atoms with Crippen molar-refractivity contribution in [3.05, 3.63) is 24.3 Å². The van der Waals surface area contributed by atoms with E-state index in [0.29, 0.717) is 11.4 Å². The predicted molar refractivity (Wildman–Crippen MR) is 47.3 cm³/mol. The summed E-state index contributed by atoms with van der Waals surface area (Å²) in [5.41, 5.74) is 6.67. The number of hydrogen-bond acceptors (Lipinski definition) is 2. The maximum absolute atomic E-state index is 10.5. The third-order valence-electron chi connectivity index (χ3n) is 1.57. The molecule has 1 aromatic carbocycles. The maximum atomic E-state index is 10.5. The molecule has 1 amide bonds. The molecule has 1 aromatic rings. The van der Waals surface area contributed by atoms with Crippen molar-refractivity contribution in [1.82, 2.24) is 0 Å². The molecule has 0 spiro atoms. The van der Waals surface area contributed by atoms with Crippen molar-refractivity contribution in [3.63, 3.8) is 0 Å². The summed E-state index contributed by atoms with van der Waals surface area (Å²) in [6, 6.07) is 6.64.